The molecule has 0 bridgehead atoms. The van der Waals surface area contributed by atoms with E-state index in [1.165, 1.54) is 30.7 Å². The molecule has 1 aliphatic carbocycles. The minimum atomic E-state index is -2.55. The third-order valence-corrected chi connectivity index (χ3v) is 5.40. The average molecular weight is 391 g/mol. The number of fused-ring (bicyclic) bond motifs is 3. The molecular formula is C22H19F2N5. The Hall–Kier alpha value is -3.22. The molecule has 1 aromatic carbocycles. The van der Waals surface area contributed by atoms with Crippen LogP contribution in [-0.2, 0) is 0 Å². The molecule has 0 amide bonds. The minimum absolute atomic E-state index is 0.0903. The third-order valence-electron chi connectivity index (χ3n) is 5.40. The molecule has 146 valence electrons. The first-order valence-corrected chi connectivity index (χ1v) is 9.77. The molecule has 0 N–H and O–H groups in total. The second-order valence-corrected chi connectivity index (χ2v) is 7.32. The number of hydrogen-bond donors (Lipinski definition) is 0. The average Bonchev–Trinajstić information content (AvgIpc) is 3.00. The molecule has 0 atom stereocenters. The molecule has 0 fully saturated rings. The van der Waals surface area contributed by atoms with Crippen molar-refractivity contribution in [2.75, 3.05) is 0 Å². The van der Waals surface area contributed by atoms with Gasteiger partial charge in [0.1, 0.15) is 0 Å². The summed E-state index contributed by atoms with van der Waals surface area (Å²) in [6.45, 7) is 0. The number of rotatable bonds is 3. The molecule has 0 radical (unpaired) electrons. The summed E-state index contributed by atoms with van der Waals surface area (Å²) in [5.74, 6) is 0.839. The predicted octanol–water partition coefficient (Wildman–Crippen LogP) is 5.62. The molecule has 0 spiro atoms. The van der Waals surface area contributed by atoms with Gasteiger partial charge in [0, 0.05) is 23.5 Å². The van der Waals surface area contributed by atoms with E-state index < -0.39 is 6.43 Å². The Balaban J connectivity index is 1.70. The summed E-state index contributed by atoms with van der Waals surface area (Å²) in [6.07, 6.45) is 9.80. The molecule has 1 aliphatic rings. The molecule has 0 aliphatic heterocycles. The first-order valence-electron chi connectivity index (χ1n) is 9.77. The summed E-state index contributed by atoms with van der Waals surface area (Å²) in [6, 6.07) is 7.20. The van der Waals surface area contributed by atoms with Gasteiger partial charge in [-0.3, -0.25) is 14.4 Å². The summed E-state index contributed by atoms with van der Waals surface area (Å²) < 4.78 is 28.2. The topological polar surface area (TPSA) is 56.0 Å². The van der Waals surface area contributed by atoms with E-state index in [2.05, 4.69) is 26.2 Å². The molecule has 3 heterocycles. The van der Waals surface area contributed by atoms with Crippen molar-refractivity contribution in [2.24, 2.45) is 0 Å². The Bertz CT molecular complexity index is 1230. The smallest absolute Gasteiger partial charge is 0.265 e. The second-order valence-electron chi connectivity index (χ2n) is 7.32. The lowest BCUT2D eigenvalue weighted by Crippen LogP contribution is -1.98. The van der Waals surface area contributed by atoms with E-state index in [0.717, 1.165) is 41.7 Å². The van der Waals surface area contributed by atoms with E-state index in [1.54, 1.807) is 12.4 Å². The Morgan fingerprint density at radius 1 is 0.931 bits per heavy atom. The molecule has 3 aromatic heterocycles. The Morgan fingerprint density at radius 3 is 2.76 bits per heavy atom. The van der Waals surface area contributed by atoms with Crippen LogP contribution in [0.15, 0.2) is 48.9 Å². The fourth-order valence-corrected chi connectivity index (χ4v) is 3.90. The van der Waals surface area contributed by atoms with Gasteiger partial charge >= 0.3 is 0 Å². The number of halogens is 2. The van der Waals surface area contributed by atoms with E-state index in [-0.39, 0.29) is 5.56 Å². The summed E-state index contributed by atoms with van der Waals surface area (Å²) in [7, 11) is 0. The fraction of sp³-hybridized carbons (Fsp3) is 0.273. The Morgan fingerprint density at radius 2 is 1.86 bits per heavy atom. The highest BCUT2D eigenvalue weighted by atomic mass is 19.3. The van der Waals surface area contributed by atoms with Gasteiger partial charge in [0.2, 0.25) is 0 Å². The fourth-order valence-electron chi connectivity index (χ4n) is 3.90. The maximum Gasteiger partial charge on any atom is 0.265 e. The molecular weight excluding hydrogens is 372 g/mol. The minimum Gasteiger partial charge on any atom is -0.272 e. The van der Waals surface area contributed by atoms with Crippen molar-refractivity contribution in [3.05, 3.63) is 60.3 Å². The summed E-state index contributed by atoms with van der Waals surface area (Å²) in [5, 5.41) is 8.76. The molecule has 29 heavy (non-hydrogen) atoms. The molecule has 0 saturated heterocycles. The van der Waals surface area contributed by atoms with Crippen molar-refractivity contribution < 1.29 is 8.78 Å². The lowest BCUT2D eigenvalue weighted by Gasteiger charge is -2.09. The van der Waals surface area contributed by atoms with Crippen LogP contribution in [0.25, 0.3) is 33.4 Å². The van der Waals surface area contributed by atoms with Crippen LogP contribution >= 0.6 is 0 Å². The SMILES string of the molecule is FC(F)c1cncc(-c2ccc3ncc4nnc(C5=CCCCCC5)n4c3c2)c1. The van der Waals surface area contributed by atoms with Gasteiger partial charge in [-0.05, 0) is 55.0 Å². The van der Waals surface area contributed by atoms with E-state index >= 15 is 0 Å². The van der Waals surface area contributed by atoms with Crippen LogP contribution in [0.1, 0.15) is 49.9 Å². The number of pyridine rings is 1. The van der Waals surface area contributed by atoms with Gasteiger partial charge in [-0.15, -0.1) is 10.2 Å². The Kier molecular flexibility index (Phi) is 4.50. The van der Waals surface area contributed by atoms with Crippen molar-refractivity contribution in [3.8, 4) is 11.1 Å². The number of alkyl halides is 2. The van der Waals surface area contributed by atoms with E-state index in [9.17, 15) is 8.78 Å². The van der Waals surface area contributed by atoms with Crippen LogP contribution in [0.4, 0.5) is 8.78 Å². The van der Waals surface area contributed by atoms with Gasteiger partial charge in [-0.2, -0.15) is 0 Å². The third kappa shape index (κ3) is 3.26. The van der Waals surface area contributed by atoms with Gasteiger partial charge in [-0.25, -0.2) is 8.78 Å². The zero-order valence-electron chi connectivity index (χ0n) is 15.7. The summed E-state index contributed by atoms with van der Waals surface area (Å²) >= 11 is 0. The molecule has 4 aromatic rings. The van der Waals surface area contributed by atoms with Crippen LogP contribution < -0.4 is 0 Å². The number of allylic oxidation sites excluding steroid dienone is 2. The van der Waals surface area contributed by atoms with Gasteiger partial charge in [0.05, 0.1) is 17.2 Å². The highest BCUT2D eigenvalue weighted by molar-refractivity contribution is 5.84. The number of aromatic nitrogens is 5. The monoisotopic (exact) mass is 391 g/mol. The van der Waals surface area contributed by atoms with Crippen molar-refractivity contribution in [1.29, 1.82) is 0 Å². The summed E-state index contributed by atoms with van der Waals surface area (Å²) in [4.78, 5) is 8.47. The zero-order chi connectivity index (χ0) is 19.8. The predicted molar refractivity (Wildman–Crippen MR) is 108 cm³/mol. The van der Waals surface area contributed by atoms with E-state index in [1.807, 2.05) is 22.6 Å². The first-order chi connectivity index (χ1) is 14.2. The van der Waals surface area contributed by atoms with Gasteiger partial charge in [-0.1, -0.05) is 18.6 Å². The Labute approximate surface area is 166 Å². The molecule has 0 saturated carbocycles. The molecule has 7 heteroatoms. The lowest BCUT2D eigenvalue weighted by molar-refractivity contribution is 0.151. The van der Waals surface area contributed by atoms with Crippen LogP contribution in [0.3, 0.4) is 0 Å². The first kappa shape index (κ1) is 17.8. The summed E-state index contributed by atoms with van der Waals surface area (Å²) in [5.41, 5.74) is 4.89. The van der Waals surface area contributed by atoms with Gasteiger partial charge in [0.15, 0.2) is 11.5 Å². The molecule has 5 rings (SSSR count). The number of hydrogen-bond acceptors (Lipinski definition) is 4. The van der Waals surface area contributed by atoms with Gasteiger partial charge in [0.25, 0.3) is 6.43 Å². The highest BCUT2D eigenvalue weighted by Crippen LogP contribution is 2.30. The molecule has 5 nitrogen and oxygen atoms in total. The number of nitrogens with zero attached hydrogens (tertiary/aromatic N) is 5. The largest absolute Gasteiger partial charge is 0.272 e. The van der Waals surface area contributed by atoms with Gasteiger partial charge < -0.3 is 0 Å². The van der Waals surface area contributed by atoms with Crippen molar-refractivity contribution >= 4 is 22.3 Å². The van der Waals surface area contributed by atoms with E-state index in [0.29, 0.717) is 11.2 Å². The van der Waals surface area contributed by atoms with Crippen LogP contribution in [0.2, 0.25) is 0 Å². The standard InChI is InChI=1S/C22H19F2N5/c23-21(24)17-9-16(11-25-12-17)15-7-8-18-19(10-15)29-20(13-26-18)27-28-22(29)14-5-3-1-2-4-6-14/h5,7-13,21H,1-4,6H2. The maximum atomic E-state index is 13.1. The normalized spacial score (nSPS) is 15.1. The van der Waals surface area contributed by atoms with E-state index in [4.69, 9.17) is 0 Å². The van der Waals surface area contributed by atoms with Crippen LogP contribution in [0, 0.1) is 0 Å². The second kappa shape index (κ2) is 7.31. The van der Waals surface area contributed by atoms with Crippen molar-refractivity contribution in [2.45, 2.75) is 38.5 Å². The maximum absolute atomic E-state index is 13.1. The number of benzene rings is 1. The van der Waals surface area contributed by atoms with Crippen LogP contribution in [-0.4, -0.2) is 24.6 Å². The quantitative estimate of drug-likeness (QED) is 0.454. The molecule has 0 unspecified atom stereocenters. The van der Waals surface area contributed by atoms with Crippen LogP contribution in [0.5, 0.6) is 0 Å². The zero-order valence-corrected chi connectivity index (χ0v) is 15.7. The van der Waals surface area contributed by atoms with Crippen molar-refractivity contribution in [1.82, 2.24) is 24.6 Å². The highest BCUT2D eigenvalue weighted by Gasteiger charge is 2.16. The van der Waals surface area contributed by atoms with Crippen molar-refractivity contribution in [3.63, 3.8) is 0 Å². The lowest BCUT2D eigenvalue weighted by atomic mass is 10.0.